The molecule has 0 fully saturated rings. The summed E-state index contributed by atoms with van der Waals surface area (Å²) in [6.45, 7) is 0. The summed E-state index contributed by atoms with van der Waals surface area (Å²) < 4.78 is 18.8. The van der Waals surface area contributed by atoms with Gasteiger partial charge in [0.05, 0.1) is 18.2 Å². The summed E-state index contributed by atoms with van der Waals surface area (Å²) in [6, 6.07) is 9.63. The third-order valence-electron chi connectivity index (χ3n) is 3.22. The fraction of sp³-hybridized carbons (Fsp3) is 0.200. The topological polar surface area (TPSA) is 47.3 Å². The lowest BCUT2D eigenvalue weighted by atomic mass is 9.98. The van der Waals surface area contributed by atoms with Crippen molar-refractivity contribution in [2.45, 2.75) is 12.5 Å². The summed E-state index contributed by atoms with van der Waals surface area (Å²) in [5.41, 5.74) is 4.14. The molecule has 0 aromatic heterocycles. The van der Waals surface area contributed by atoms with E-state index >= 15 is 0 Å². The van der Waals surface area contributed by atoms with E-state index in [2.05, 4.69) is 5.43 Å². The Morgan fingerprint density at radius 2 is 2.05 bits per heavy atom. The summed E-state index contributed by atoms with van der Waals surface area (Å²) in [7, 11) is 1.56. The minimum Gasteiger partial charge on any atom is -0.496 e. The number of hydrogen-bond acceptors (Lipinski definition) is 3. The molecule has 2 rings (SSSR count). The van der Waals surface area contributed by atoms with Crippen molar-refractivity contribution in [3.8, 4) is 5.75 Å². The number of ether oxygens (including phenoxy) is 1. The molecule has 1 unspecified atom stereocenters. The van der Waals surface area contributed by atoms with Gasteiger partial charge in [0.1, 0.15) is 11.6 Å². The van der Waals surface area contributed by atoms with Gasteiger partial charge in [0.15, 0.2) is 0 Å². The average molecular weight is 329 g/mol. The van der Waals surface area contributed by atoms with Crippen molar-refractivity contribution >= 4 is 23.2 Å². The predicted octanol–water partition coefficient (Wildman–Crippen LogP) is 3.89. The second-order valence-corrected chi connectivity index (χ2v) is 5.34. The van der Waals surface area contributed by atoms with Gasteiger partial charge < -0.3 is 4.74 Å². The molecule has 0 bridgehead atoms. The number of nitrogens with two attached hydrogens (primary N) is 1. The van der Waals surface area contributed by atoms with Crippen LogP contribution >= 0.6 is 23.2 Å². The summed E-state index contributed by atoms with van der Waals surface area (Å²) in [5, 5.41) is 0.662. The van der Waals surface area contributed by atoms with E-state index in [-0.39, 0.29) is 11.1 Å². The maximum absolute atomic E-state index is 13.5. The minimum atomic E-state index is -0.456. The Hall–Kier alpha value is -1.33. The predicted molar refractivity (Wildman–Crippen MR) is 83.2 cm³/mol. The van der Waals surface area contributed by atoms with Crippen LogP contribution in [0.4, 0.5) is 4.39 Å². The van der Waals surface area contributed by atoms with Crippen LogP contribution in [0.5, 0.6) is 5.75 Å². The van der Waals surface area contributed by atoms with Gasteiger partial charge in [0.25, 0.3) is 0 Å². The molecule has 0 saturated carbocycles. The van der Waals surface area contributed by atoms with E-state index in [1.54, 1.807) is 37.4 Å². The molecule has 2 aromatic rings. The maximum Gasteiger partial charge on any atom is 0.142 e. The van der Waals surface area contributed by atoms with Gasteiger partial charge in [-0.1, -0.05) is 35.3 Å². The molecule has 3 N–H and O–H groups in total. The van der Waals surface area contributed by atoms with Crippen LogP contribution in [-0.4, -0.2) is 7.11 Å². The number of nitrogens with one attached hydrogen (secondary N) is 1. The van der Waals surface area contributed by atoms with Gasteiger partial charge in [-0.25, -0.2) is 4.39 Å². The molecule has 1 atom stereocenters. The van der Waals surface area contributed by atoms with E-state index in [4.69, 9.17) is 33.8 Å². The minimum absolute atomic E-state index is 0.0961. The summed E-state index contributed by atoms with van der Waals surface area (Å²) in [6.07, 6.45) is 0.407. The zero-order valence-corrected chi connectivity index (χ0v) is 12.9. The first-order chi connectivity index (χ1) is 10.1. The molecule has 3 nitrogen and oxygen atoms in total. The first-order valence-electron chi connectivity index (χ1n) is 6.29. The standard InChI is InChI=1S/C15H15Cl2FN2O/c1-21-14-6-5-10(16)8-11(14)13(20-19)7-9-3-2-4-12(18)15(9)17/h2-6,8,13,20H,7,19H2,1H3. The van der Waals surface area contributed by atoms with Gasteiger partial charge >= 0.3 is 0 Å². The third-order valence-corrected chi connectivity index (χ3v) is 3.88. The summed E-state index contributed by atoms with van der Waals surface area (Å²) in [4.78, 5) is 0. The van der Waals surface area contributed by atoms with Crippen LogP contribution in [0.3, 0.4) is 0 Å². The number of halogens is 3. The van der Waals surface area contributed by atoms with E-state index in [1.165, 1.54) is 6.07 Å². The second-order valence-electron chi connectivity index (χ2n) is 4.52. The zero-order chi connectivity index (χ0) is 15.4. The Kier molecular flexibility index (Phi) is 5.42. The SMILES string of the molecule is COc1ccc(Cl)cc1C(Cc1cccc(F)c1Cl)NN. The number of benzene rings is 2. The average Bonchev–Trinajstić information content (AvgIpc) is 2.49. The number of rotatable bonds is 5. The highest BCUT2D eigenvalue weighted by Gasteiger charge is 2.18. The largest absolute Gasteiger partial charge is 0.496 e. The van der Waals surface area contributed by atoms with Crippen LogP contribution in [-0.2, 0) is 6.42 Å². The lowest BCUT2D eigenvalue weighted by Crippen LogP contribution is -2.30. The number of hydrazine groups is 1. The monoisotopic (exact) mass is 328 g/mol. The number of methoxy groups -OCH3 is 1. The normalized spacial score (nSPS) is 12.2. The second kappa shape index (κ2) is 7.09. The number of hydrogen-bond donors (Lipinski definition) is 2. The van der Waals surface area contributed by atoms with E-state index < -0.39 is 5.82 Å². The van der Waals surface area contributed by atoms with Crippen molar-refractivity contribution in [1.82, 2.24) is 5.43 Å². The molecule has 2 aromatic carbocycles. The molecule has 21 heavy (non-hydrogen) atoms. The Labute approximate surface area is 132 Å². The Morgan fingerprint density at radius 3 is 2.71 bits per heavy atom. The van der Waals surface area contributed by atoms with Crippen molar-refractivity contribution in [3.05, 3.63) is 63.4 Å². The Bertz CT molecular complexity index is 637. The summed E-state index contributed by atoms with van der Waals surface area (Å²) >= 11 is 12.0. The first-order valence-corrected chi connectivity index (χ1v) is 7.05. The van der Waals surface area contributed by atoms with Gasteiger partial charge in [-0.3, -0.25) is 11.3 Å². The third kappa shape index (κ3) is 3.66. The van der Waals surface area contributed by atoms with Crippen molar-refractivity contribution < 1.29 is 9.13 Å². The van der Waals surface area contributed by atoms with Crippen LogP contribution in [0.1, 0.15) is 17.2 Å². The first kappa shape index (κ1) is 16.0. The van der Waals surface area contributed by atoms with Crippen LogP contribution < -0.4 is 16.0 Å². The van der Waals surface area contributed by atoms with E-state index in [0.29, 0.717) is 22.8 Å². The fourth-order valence-corrected chi connectivity index (χ4v) is 2.55. The van der Waals surface area contributed by atoms with Crippen molar-refractivity contribution in [2.75, 3.05) is 7.11 Å². The molecule has 0 spiro atoms. The molecular formula is C15H15Cl2FN2O. The molecule has 6 heteroatoms. The van der Waals surface area contributed by atoms with E-state index in [1.807, 2.05) is 0 Å². The van der Waals surface area contributed by atoms with E-state index in [9.17, 15) is 4.39 Å². The maximum atomic E-state index is 13.5. The van der Waals surface area contributed by atoms with Crippen molar-refractivity contribution in [2.24, 2.45) is 5.84 Å². The molecule has 0 aliphatic rings. The highest BCUT2D eigenvalue weighted by atomic mass is 35.5. The molecular weight excluding hydrogens is 314 g/mol. The van der Waals surface area contributed by atoms with Crippen LogP contribution in [0.15, 0.2) is 36.4 Å². The molecule has 0 saturated heterocycles. The van der Waals surface area contributed by atoms with Gasteiger partial charge in [-0.05, 0) is 36.2 Å². The van der Waals surface area contributed by atoms with Gasteiger partial charge in [-0.2, -0.15) is 0 Å². The highest BCUT2D eigenvalue weighted by Crippen LogP contribution is 2.32. The molecule has 0 aliphatic heterocycles. The van der Waals surface area contributed by atoms with Crippen LogP contribution in [0.2, 0.25) is 10.0 Å². The smallest absolute Gasteiger partial charge is 0.142 e. The highest BCUT2D eigenvalue weighted by molar-refractivity contribution is 6.31. The summed E-state index contributed by atoms with van der Waals surface area (Å²) in [5.74, 6) is 5.82. The lowest BCUT2D eigenvalue weighted by Gasteiger charge is -2.20. The zero-order valence-electron chi connectivity index (χ0n) is 11.4. The van der Waals surface area contributed by atoms with Gasteiger partial charge in [0.2, 0.25) is 0 Å². The van der Waals surface area contributed by atoms with Crippen LogP contribution in [0, 0.1) is 5.82 Å². The molecule has 0 heterocycles. The molecule has 0 aliphatic carbocycles. The molecule has 0 radical (unpaired) electrons. The Morgan fingerprint density at radius 1 is 1.29 bits per heavy atom. The lowest BCUT2D eigenvalue weighted by molar-refractivity contribution is 0.399. The van der Waals surface area contributed by atoms with Crippen molar-refractivity contribution in [1.29, 1.82) is 0 Å². The molecule has 0 amide bonds. The van der Waals surface area contributed by atoms with Gasteiger partial charge in [0, 0.05) is 10.6 Å². The Balaban J connectivity index is 2.36. The van der Waals surface area contributed by atoms with Gasteiger partial charge in [-0.15, -0.1) is 0 Å². The molecule has 112 valence electrons. The quantitative estimate of drug-likeness (QED) is 0.646. The fourth-order valence-electron chi connectivity index (χ4n) is 2.16. The van der Waals surface area contributed by atoms with Crippen molar-refractivity contribution in [3.63, 3.8) is 0 Å². The van der Waals surface area contributed by atoms with E-state index in [0.717, 1.165) is 5.56 Å². The van der Waals surface area contributed by atoms with Crippen LogP contribution in [0.25, 0.3) is 0 Å².